The van der Waals surface area contributed by atoms with E-state index in [9.17, 15) is 40.9 Å². The van der Waals surface area contributed by atoms with E-state index in [1.807, 2.05) is 0 Å². The fourth-order valence-corrected chi connectivity index (χ4v) is 14.0. The van der Waals surface area contributed by atoms with E-state index in [2.05, 4.69) is 33.8 Å². The second kappa shape index (κ2) is 16.8. The zero-order valence-electron chi connectivity index (χ0n) is 36.5. The molecule has 0 aromatic heterocycles. The molecule has 3 saturated carbocycles. The Morgan fingerprint density at radius 2 is 1.33 bits per heavy atom. The third-order valence-electron chi connectivity index (χ3n) is 17.6. The Morgan fingerprint density at radius 3 is 1.95 bits per heavy atom. The normalized spacial score (nSPS) is 58.4. The monoisotopic (exact) mass is 868 g/mol. The molecule has 8 N–H and O–H groups in total. The first-order valence-electron chi connectivity index (χ1n) is 23.2. The summed E-state index contributed by atoms with van der Waals surface area (Å²) < 4.78 is 50.0. The second-order valence-corrected chi connectivity index (χ2v) is 21.1. The van der Waals surface area contributed by atoms with Gasteiger partial charge in [-0.25, -0.2) is 0 Å². The van der Waals surface area contributed by atoms with E-state index in [-0.39, 0.29) is 23.0 Å². The second-order valence-electron chi connectivity index (χ2n) is 21.1. The summed E-state index contributed by atoms with van der Waals surface area (Å²) in [7, 11) is 0. The Labute approximate surface area is 358 Å². The number of aliphatic hydroxyl groups is 8. The third kappa shape index (κ3) is 7.42. The maximum atomic E-state index is 12.0. The number of hydrogen-bond acceptors (Lipinski definition) is 16. The van der Waals surface area contributed by atoms with Crippen molar-refractivity contribution in [2.45, 2.75) is 209 Å². The molecule has 0 bridgehead atoms. The van der Waals surface area contributed by atoms with Gasteiger partial charge in [0.2, 0.25) is 0 Å². The van der Waals surface area contributed by atoms with Crippen LogP contribution in [0.2, 0.25) is 0 Å². The Bertz CT molecular complexity index is 1590. The zero-order chi connectivity index (χ0) is 43.5. The van der Waals surface area contributed by atoms with Crippen molar-refractivity contribution in [3.8, 4) is 0 Å². The van der Waals surface area contributed by atoms with Gasteiger partial charge in [0.25, 0.3) is 0 Å². The summed E-state index contributed by atoms with van der Waals surface area (Å²) in [6, 6.07) is 0. The minimum absolute atomic E-state index is 0.00492. The summed E-state index contributed by atoms with van der Waals surface area (Å²) in [6.07, 6.45) is -10.5. The molecule has 16 heteroatoms. The zero-order valence-corrected chi connectivity index (χ0v) is 36.5. The van der Waals surface area contributed by atoms with Crippen molar-refractivity contribution in [1.29, 1.82) is 0 Å². The van der Waals surface area contributed by atoms with Crippen LogP contribution in [-0.4, -0.2) is 164 Å². The molecular formula is C45H72O16. The van der Waals surface area contributed by atoms with Crippen molar-refractivity contribution < 1.29 is 78.7 Å². The summed E-state index contributed by atoms with van der Waals surface area (Å²) in [4.78, 5) is 0. The van der Waals surface area contributed by atoms with Crippen molar-refractivity contribution in [3.05, 3.63) is 11.6 Å². The van der Waals surface area contributed by atoms with E-state index in [1.54, 1.807) is 0 Å². The van der Waals surface area contributed by atoms with E-state index < -0.39 is 105 Å². The van der Waals surface area contributed by atoms with E-state index in [0.717, 1.165) is 45.1 Å². The fourth-order valence-electron chi connectivity index (χ4n) is 14.0. The molecule has 9 aliphatic rings. The maximum Gasteiger partial charge on any atom is 0.187 e. The van der Waals surface area contributed by atoms with Gasteiger partial charge in [0.1, 0.15) is 61.0 Å². The van der Waals surface area contributed by atoms with Gasteiger partial charge in [-0.15, -0.1) is 0 Å². The van der Waals surface area contributed by atoms with Gasteiger partial charge >= 0.3 is 0 Å². The molecule has 348 valence electrons. The summed E-state index contributed by atoms with van der Waals surface area (Å²) in [5, 5.41) is 86.1. The van der Waals surface area contributed by atoms with Gasteiger partial charge in [-0.2, -0.15) is 0 Å². The highest BCUT2D eigenvalue weighted by Crippen LogP contribution is 2.70. The van der Waals surface area contributed by atoms with E-state index >= 15 is 0 Å². The number of rotatable bonds is 7. The topological polar surface area (TPSA) is 236 Å². The van der Waals surface area contributed by atoms with Crippen LogP contribution in [0, 0.1) is 46.3 Å². The number of ether oxygens (including phenoxy) is 8. The molecule has 0 amide bonds. The van der Waals surface area contributed by atoms with Gasteiger partial charge in [0.15, 0.2) is 24.7 Å². The standard InChI is InChI=1S/C45H72O16/c1-19-9-14-45(54-18-19)20(2)30-28(61-45)16-27-25-8-7-23-15-24(10-12-43(23,5)26(25)11-13-44(27,30)6)57-42-37(53)39(60-41-36(52)34(50)32(48)22(4)56-41)38(29(17-46)58-42)59-40-35(51)33(49)31(47)21(3)55-40/h7,19-22,24-42,46-53H,8-18H2,1-6H3. The first kappa shape index (κ1) is 45.3. The largest absolute Gasteiger partial charge is 0.394 e. The molecule has 1 spiro atoms. The molecule has 26 atom stereocenters. The molecule has 0 aromatic rings. The average Bonchev–Trinajstić information content (AvgIpc) is 3.69. The van der Waals surface area contributed by atoms with E-state index in [1.165, 1.54) is 25.8 Å². The molecule has 26 unspecified atom stereocenters. The predicted molar refractivity (Wildman–Crippen MR) is 213 cm³/mol. The average molecular weight is 869 g/mol. The maximum absolute atomic E-state index is 12.0. The fraction of sp³-hybridized carbons (Fsp3) is 0.956. The van der Waals surface area contributed by atoms with Crippen LogP contribution in [0.5, 0.6) is 0 Å². The quantitative estimate of drug-likeness (QED) is 0.168. The Morgan fingerprint density at radius 1 is 0.689 bits per heavy atom. The summed E-state index contributed by atoms with van der Waals surface area (Å²) in [5.41, 5.74) is 1.56. The molecule has 4 aliphatic carbocycles. The van der Waals surface area contributed by atoms with Crippen LogP contribution in [0.4, 0.5) is 0 Å². The lowest BCUT2D eigenvalue weighted by Crippen LogP contribution is -2.67. The van der Waals surface area contributed by atoms with Gasteiger partial charge in [0, 0.05) is 12.3 Å². The van der Waals surface area contributed by atoms with Crippen LogP contribution in [-0.2, 0) is 37.9 Å². The SMILES string of the molecule is CC1CCC2(OC1)OC1CC3C4CC=C5CC(OC6OC(CO)C(OC7OC(C)C(O)C(O)C7O)C(OC7OC(C)C(O)C(O)C7O)C6O)CCC5(C)C4CCC3(C)C1C2C. The molecule has 8 fully saturated rings. The first-order chi connectivity index (χ1) is 28.9. The summed E-state index contributed by atoms with van der Waals surface area (Å²) in [5.74, 6) is 2.68. The van der Waals surface area contributed by atoms with Crippen molar-refractivity contribution in [3.63, 3.8) is 0 Å². The van der Waals surface area contributed by atoms with E-state index in [0.29, 0.717) is 48.3 Å². The van der Waals surface area contributed by atoms with Crippen molar-refractivity contribution >= 4 is 0 Å². The third-order valence-corrected chi connectivity index (χ3v) is 17.6. The Kier molecular flexibility index (Phi) is 12.4. The summed E-state index contributed by atoms with van der Waals surface area (Å²) >= 11 is 0. The highest BCUT2D eigenvalue weighted by atomic mass is 16.8. The molecule has 0 aromatic carbocycles. The highest BCUT2D eigenvalue weighted by molar-refractivity contribution is 5.26. The highest BCUT2D eigenvalue weighted by Gasteiger charge is 2.69. The summed E-state index contributed by atoms with van der Waals surface area (Å²) in [6.45, 7) is 12.7. The molecule has 61 heavy (non-hydrogen) atoms. The van der Waals surface area contributed by atoms with Crippen LogP contribution in [0.1, 0.15) is 99.3 Å². The van der Waals surface area contributed by atoms with Gasteiger partial charge in [-0.3, -0.25) is 0 Å². The van der Waals surface area contributed by atoms with Crippen LogP contribution in [0.15, 0.2) is 11.6 Å². The van der Waals surface area contributed by atoms with Crippen LogP contribution < -0.4 is 0 Å². The van der Waals surface area contributed by atoms with Crippen molar-refractivity contribution in [2.75, 3.05) is 13.2 Å². The number of hydrogen-bond donors (Lipinski definition) is 8. The molecule has 5 heterocycles. The lowest BCUT2D eigenvalue weighted by molar-refractivity contribution is -0.387. The smallest absolute Gasteiger partial charge is 0.187 e. The van der Waals surface area contributed by atoms with Crippen molar-refractivity contribution in [1.82, 2.24) is 0 Å². The molecule has 16 nitrogen and oxygen atoms in total. The van der Waals surface area contributed by atoms with Crippen LogP contribution >= 0.6 is 0 Å². The first-order valence-corrected chi connectivity index (χ1v) is 23.2. The minimum Gasteiger partial charge on any atom is -0.394 e. The lowest BCUT2D eigenvalue weighted by Gasteiger charge is -2.58. The lowest BCUT2D eigenvalue weighted by atomic mass is 9.47. The molecule has 9 rings (SSSR count). The van der Waals surface area contributed by atoms with Gasteiger partial charge in [-0.1, -0.05) is 39.3 Å². The van der Waals surface area contributed by atoms with Crippen molar-refractivity contribution in [2.24, 2.45) is 46.3 Å². The predicted octanol–water partition coefficient (Wildman–Crippen LogP) is 1.24. The van der Waals surface area contributed by atoms with E-state index in [4.69, 9.17) is 37.9 Å². The van der Waals surface area contributed by atoms with Crippen LogP contribution in [0.25, 0.3) is 0 Å². The molecule has 5 saturated heterocycles. The number of allylic oxidation sites excluding steroid dienone is 1. The van der Waals surface area contributed by atoms with Crippen LogP contribution in [0.3, 0.4) is 0 Å². The minimum atomic E-state index is -1.73. The Hall–Kier alpha value is -0.900. The number of aliphatic hydroxyl groups excluding tert-OH is 8. The van der Waals surface area contributed by atoms with Gasteiger partial charge in [0.05, 0.1) is 37.6 Å². The van der Waals surface area contributed by atoms with Gasteiger partial charge in [-0.05, 0) is 106 Å². The molecular weight excluding hydrogens is 796 g/mol. The molecule has 5 aliphatic heterocycles. The Balaban J connectivity index is 0.905. The van der Waals surface area contributed by atoms with Gasteiger partial charge < -0.3 is 78.7 Å². The molecule has 0 radical (unpaired) electrons. The number of fused-ring (bicyclic) bond motifs is 7.